The predicted octanol–water partition coefficient (Wildman–Crippen LogP) is 10.6. The number of methoxy groups -OCH3 is 1. The first-order chi connectivity index (χ1) is 39.2. The van der Waals surface area contributed by atoms with E-state index >= 15 is 0 Å². The molecular weight excluding hydrogens is 1010 g/mol. The molecule has 2 aliphatic rings. The molecule has 10 atom stereocenters. The van der Waals surface area contributed by atoms with E-state index in [-0.39, 0.29) is 58.4 Å². The third kappa shape index (κ3) is 15.9. The van der Waals surface area contributed by atoms with Crippen molar-refractivity contribution in [3.63, 3.8) is 0 Å². The van der Waals surface area contributed by atoms with Gasteiger partial charge in [-0.2, -0.15) is 0 Å². The number of hydrogen-bond donors (Lipinski definition) is 1. The minimum Gasteiger partial charge on any atom is -0.469 e. The van der Waals surface area contributed by atoms with Gasteiger partial charge in [0.1, 0.15) is 42.9 Å². The van der Waals surface area contributed by atoms with Crippen molar-refractivity contribution in [3.05, 3.63) is 234 Å². The highest BCUT2D eigenvalue weighted by atomic mass is 16.7. The Hall–Kier alpha value is -7.53. The normalized spacial score (nSPS) is 22.6. The van der Waals surface area contributed by atoms with Crippen LogP contribution < -0.4 is 10.1 Å². The Morgan fingerprint density at radius 1 is 0.475 bits per heavy atom. The number of ether oxygens (including phenoxy) is 10. The number of nitrogens with one attached hydrogen (secondary N) is 1. The highest BCUT2D eigenvalue weighted by molar-refractivity contribution is 5.95. The molecule has 9 rings (SSSR count). The van der Waals surface area contributed by atoms with Gasteiger partial charge in [-0.25, -0.2) is 0 Å². The van der Waals surface area contributed by atoms with Crippen molar-refractivity contribution >= 4 is 17.8 Å². The van der Waals surface area contributed by atoms with E-state index in [0.717, 1.165) is 38.9 Å². The van der Waals surface area contributed by atoms with Crippen LogP contribution in [0.1, 0.15) is 57.9 Å². The first kappa shape index (κ1) is 57.2. The van der Waals surface area contributed by atoms with Gasteiger partial charge in [0.2, 0.25) is 6.29 Å². The molecule has 0 aromatic heterocycles. The van der Waals surface area contributed by atoms with Crippen molar-refractivity contribution in [2.24, 2.45) is 5.92 Å². The molecular formula is C66H69NO13. The van der Waals surface area contributed by atoms with Crippen LogP contribution in [0.3, 0.4) is 0 Å². The maximum Gasteiger partial charge on any atom is 0.308 e. The van der Waals surface area contributed by atoms with E-state index in [1.807, 2.05) is 194 Å². The van der Waals surface area contributed by atoms with Crippen LogP contribution in [0.4, 0.5) is 0 Å². The molecule has 0 saturated carbocycles. The van der Waals surface area contributed by atoms with Crippen LogP contribution in [0.5, 0.6) is 5.75 Å². The fourth-order valence-corrected chi connectivity index (χ4v) is 10.3. The second-order valence-electron chi connectivity index (χ2n) is 19.8. The zero-order chi connectivity index (χ0) is 55.5. The average molecular weight is 1080 g/mol. The Labute approximate surface area is 468 Å². The van der Waals surface area contributed by atoms with E-state index in [4.69, 9.17) is 47.4 Å². The Morgan fingerprint density at radius 2 is 0.938 bits per heavy atom. The van der Waals surface area contributed by atoms with Crippen LogP contribution in [0, 0.1) is 5.92 Å². The third-order valence-electron chi connectivity index (χ3n) is 14.3. The standard InChI is InChI=1S/C66H69NO13/c1-45(68)72-44-58-60(73-39-46-20-9-4-10-21-46)55(61(74-40-47-22-11-5-12-23-47)66(80-58)78-54-34-32-51(33-35-54)52-30-19-31-53(36-52)65(70)67-2)37-56-62(75-41-48-24-13-6-14-25-48)64(77-43-50-28-17-8-18-29-50)63(57(79-56)38-59(69)71-3)76-42-49-26-15-7-16-27-49/h4-36,55-58,60-64,66H,37-44H2,1-3H3,(H,67,70)/t55-,56+,57+,58+,60-,61-,62+,63+,64+,66-/m0/s1. The van der Waals surface area contributed by atoms with Crippen LogP contribution in [-0.4, -0.2) is 93.7 Å². The van der Waals surface area contributed by atoms with Gasteiger partial charge < -0.3 is 52.7 Å². The van der Waals surface area contributed by atoms with Gasteiger partial charge in [-0.3, -0.25) is 14.4 Å². The minimum absolute atomic E-state index is 0.161. The predicted molar refractivity (Wildman–Crippen MR) is 300 cm³/mol. The lowest BCUT2D eigenvalue weighted by Gasteiger charge is -2.50. The highest BCUT2D eigenvalue weighted by Gasteiger charge is 2.54. The van der Waals surface area contributed by atoms with Crippen molar-refractivity contribution in [3.8, 4) is 16.9 Å². The summed E-state index contributed by atoms with van der Waals surface area (Å²) in [6.07, 6.45) is -7.91. The molecule has 80 heavy (non-hydrogen) atoms. The van der Waals surface area contributed by atoms with E-state index in [2.05, 4.69) is 5.32 Å². The van der Waals surface area contributed by atoms with Gasteiger partial charge in [0.15, 0.2) is 0 Å². The monoisotopic (exact) mass is 1080 g/mol. The van der Waals surface area contributed by atoms with Crippen LogP contribution in [0.2, 0.25) is 0 Å². The molecule has 7 aromatic carbocycles. The van der Waals surface area contributed by atoms with Gasteiger partial charge in [0, 0.05) is 25.5 Å². The van der Waals surface area contributed by atoms with Crippen molar-refractivity contribution in [2.45, 2.75) is 108 Å². The Balaban J connectivity index is 1.15. The molecule has 0 bridgehead atoms. The SMILES string of the molecule is CNC(=O)c1cccc(-c2ccc(O[C@H]3O[C@H](COC(C)=O)[C@@H](OCc4ccccc4)[C@H](C[C@H]4O[C@H](CC(=O)OC)[C@@H](OCc5ccccc5)[C@H](OCc5ccccc5)[C@@H]4OCc4ccccc4)[C@@H]3OCc3ccccc3)cc2)c1. The molecule has 1 N–H and O–H groups in total. The van der Waals surface area contributed by atoms with Gasteiger partial charge in [0.25, 0.3) is 5.91 Å². The molecule has 416 valence electrons. The fourth-order valence-electron chi connectivity index (χ4n) is 10.3. The first-order valence-corrected chi connectivity index (χ1v) is 27.1. The third-order valence-corrected chi connectivity index (χ3v) is 14.3. The van der Waals surface area contributed by atoms with Crippen molar-refractivity contribution in [1.29, 1.82) is 0 Å². The molecule has 1 amide bonds. The number of carbonyl (C=O) groups is 3. The molecule has 2 fully saturated rings. The molecule has 2 saturated heterocycles. The van der Waals surface area contributed by atoms with E-state index in [1.54, 1.807) is 13.1 Å². The van der Waals surface area contributed by atoms with Gasteiger partial charge in [-0.1, -0.05) is 176 Å². The summed E-state index contributed by atoms with van der Waals surface area (Å²) in [6, 6.07) is 64.0. The lowest BCUT2D eigenvalue weighted by atomic mass is 9.80. The van der Waals surface area contributed by atoms with Gasteiger partial charge >= 0.3 is 11.9 Å². The number of carbonyl (C=O) groups excluding carboxylic acids is 3. The summed E-state index contributed by atoms with van der Waals surface area (Å²) >= 11 is 0. The Bertz CT molecular complexity index is 2990. The van der Waals surface area contributed by atoms with Gasteiger partial charge in [0.05, 0.1) is 64.9 Å². The van der Waals surface area contributed by atoms with Crippen molar-refractivity contribution < 1.29 is 61.8 Å². The van der Waals surface area contributed by atoms with Crippen LogP contribution in [0.15, 0.2) is 200 Å². The van der Waals surface area contributed by atoms with Crippen LogP contribution >= 0.6 is 0 Å². The number of amides is 1. The van der Waals surface area contributed by atoms with Crippen molar-refractivity contribution in [1.82, 2.24) is 5.32 Å². The smallest absolute Gasteiger partial charge is 0.308 e. The van der Waals surface area contributed by atoms with Gasteiger partial charge in [-0.15, -0.1) is 0 Å². The summed E-state index contributed by atoms with van der Waals surface area (Å²) < 4.78 is 67.6. The lowest BCUT2D eigenvalue weighted by molar-refractivity contribution is -0.302. The van der Waals surface area contributed by atoms with E-state index in [9.17, 15) is 14.4 Å². The molecule has 2 aliphatic heterocycles. The molecule has 0 spiro atoms. The summed E-state index contributed by atoms with van der Waals surface area (Å²) in [4.78, 5) is 38.9. The Kier molecular flexibility index (Phi) is 20.8. The zero-order valence-electron chi connectivity index (χ0n) is 45.3. The summed E-state index contributed by atoms with van der Waals surface area (Å²) in [5, 5.41) is 2.69. The maximum atomic E-state index is 13.6. The van der Waals surface area contributed by atoms with Gasteiger partial charge in [-0.05, 0) is 69.6 Å². The zero-order valence-corrected chi connectivity index (χ0v) is 45.3. The summed E-state index contributed by atoms with van der Waals surface area (Å²) in [6.45, 7) is 2.08. The number of rotatable bonds is 25. The Morgan fingerprint density at radius 3 is 1.41 bits per heavy atom. The molecule has 14 heteroatoms. The number of benzene rings is 7. The van der Waals surface area contributed by atoms with Crippen molar-refractivity contribution in [2.75, 3.05) is 20.8 Å². The average Bonchev–Trinajstić information content (AvgIpc) is 3.50. The van der Waals surface area contributed by atoms with E-state index in [0.29, 0.717) is 11.3 Å². The molecule has 0 aliphatic carbocycles. The molecule has 0 unspecified atom stereocenters. The fraction of sp³-hybridized carbons (Fsp3) is 0.318. The second-order valence-corrected chi connectivity index (χ2v) is 19.8. The lowest BCUT2D eigenvalue weighted by Crippen LogP contribution is -2.64. The number of esters is 2. The number of hydrogen-bond acceptors (Lipinski definition) is 13. The molecule has 0 radical (unpaired) electrons. The first-order valence-electron chi connectivity index (χ1n) is 27.1. The summed E-state index contributed by atoms with van der Waals surface area (Å²) in [5.41, 5.74) is 6.81. The van der Waals surface area contributed by atoms with E-state index < -0.39 is 73.0 Å². The van der Waals surface area contributed by atoms with E-state index in [1.165, 1.54) is 14.0 Å². The quantitative estimate of drug-likeness (QED) is 0.0540. The maximum absolute atomic E-state index is 13.6. The summed E-state index contributed by atoms with van der Waals surface area (Å²) in [5.74, 6) is -1.38. The minimum atomic E-state index is -1.12. The van der Waals surface area contributed by atoms with Crippen LogP contribution in [0.25, 0.3) is 11.1 Å². The second kappa shape index (κ2) is 29.1. The van der Waals surface area contributed by atoms with Crippen LogP contribution in [-0.2, 0) is 85.3 Å². The molecule has 2 heterocycles. The molecule has 14 nitrogen and oxygen atoms in total. The topological polar surface area (TPSA) is 156 Å². The largest absolute Gasteiger partial charge is 0.469 e. The summed E-state index contributed by atoms with van der Waals surface area (Å²) in [7, 11) is 2.95. The highest BCUT2D eigenvalue weighted by Crippen LogP contribution is 2.41. The molecule has 7 aromatic rings.